The highest BCUT2D eigenvalue weighted by molar-refractivity contribution is 7.89. The highest BCUT2D eigenvalue weighted by Gasteiger charge is 2.28. The average Bonchev–Trinajstić information content (AvgIpc) is 3.16. The SMILES string of the molecule is Cc1ccc(C(=O)OCc2csc3ccccc23)cc1S(=O)(=O)N1CCOCC1. The fourth-order valence-electron chi connectivity index (χ4n) is 3.30. The van der Waals surface area contributed by atoms with Gasteiger partial charge in [0.05, 0.1) is 23.7 Å². The summed E-state index contributed by atoms with van der Waals surface area (Å²) in [4.78, 5) is 12.7. The number of nitrogens with zero attached hydrogens (tertiary/aromatic N) is 1. The summed E-state index contributed by atoms with van der Waals surface area (Å²) in [5.41, 5.74) is 1.76. The second kappa shape index (κ2) is 8.23. The van der Waals surface area contributed by atoms with Crippen LogP contribution in [0.2, 0.25) is 0 Å². The highest BCUT2D eigenvalue weighted by atomic mass is 32.2. The van der Waals surface area contributed by atoms with Crippen LogP contribution < -0.4 is 0 Å². The van der Waals surface area contributed by atoms with E-state index in [9.17, 15) is 13.2 Å². The molecular weight excluding hydrogens is 410 g/mol. The maximum Gasteiger partial charge on any atom is 0.338 e. The number of hydrogen-bond donors (Lipinski definition) is 0. The molecular formula is C21H21NO5S2. The first-order chi connectivity index (χ1) is 14.0. The van der Waals surface area contributed by atoms with Crippen molar-refractivity contribution in [2.45, 2.75) is 18.4 Å². The van der Waals surface area contributed by atoms with Crippen molar-refractivity contribution in [3.63, 3.8) is 0 Å². The van der Waals surface area contributed by atoms with Crippen LogP contribution >= 0.6 is 11.3 Å². The highest BCUT2D eigenvalue weighted by Crippen LogP contribution is 2.27. The predicted octanol–water partition coefficient (Wildman–Crippen LogP) is 3.59. The van der Waals surface area contributed by atoms with E-state index in [4.69, 9.17) is 9.47 Å². The number of sulfonamides is 1. The van der Waals surface area contributed by atoms with E-state index < -0.39 is 16.0 Å². The van der Waals surface area contributed by atoms with Crippen molar-refractivity contribution in [2.24, 2.45) is 0 Å². The topological polar surface area (TPSA) is 72.9 Å². The largest absolute Gasteiger partial charge is 0.457 e. The van der Waals surface area contributed by atoms with Crippen LogP contribution in [0.1, 0.15) is 21.5 Å². The van der Waals surface area contributed by atoms with Gasteiger partial charge in [0.15, 0.2) is 0 Å². The lowest BCUT2D eigenvalue weighted by Crippen LogP contribution is -2.40. The fraction of sp³-hybridized carbons (Fsp3) is 0.286. The summed E-state index contributed by atoms with van der Waals surface area (Å²) < 4.78 is 39.2. The smallest absolute Gasteiger partial charge is 0.338 e. The van der Waals surface area contributed by atoms with Crippen molar-refractivity contribution >= 4 is 37.4 Å². The summed E-state index contributed by atoms with van der Waals surface area (Å²) in [6, 6.07) is 12.6. The summed E-state index contributed by atoms with van der Waals surface area (Å²) in [6.45, 7) is 3.22. The zero-order chi connectivity index (χ0) is 20.4. The van der Waals surface area contributed by atoms with Crippen LogP contribution in [0.5, 0.6) is 0 Å². The van der Waals surface area contributed by atoms with Gasteiger partial charge in [-0.2, -0.15) is 4.31 Å². The second-order valence-electron chi connectivity index (χ2n) is 6.83. The van der Waals surface area contributed by atoms with Crippen molar-refractivity contribution in [1.29, 1.82) is 0 Å². The molecule has 29 heavy (non-hydrogen) atoms. The van der Waals surface area contributed by atoms with E-state index in [0.29, 0.717) is 31.9 Å². The number of ether oxygens (including phenoxy) is 2. The van der Waals surface area contributed by atoms with Gasteiger partial charge in [-0.25, -0.2) is 13.2 Å². The van der Waals surface area contributed by atoms with Crippen molar-refractivity contribution in [3.05, 3.63) is 64.5 Å². The van der Waals surface area contributed by atoms with Crippen LogP contribution in [-0.4, -0.2) is 45.0 Å². The lowest BCUT2D eigenvalue weighted by atomic mass is 10.1. The Morgan fingerprint density at radius 1 is 1.17 bits per heavy atom. The number of thiophene rings is 1. The lowest BCUT2D eigenvalue weighted by molar-refractivity contribution is 0.0474. The van der Waals surface area contributed by atoms with Gasteiger partial charge in [-0.1, -0.05) is 24.3 Å². The number of hydrogen-bond acceptors (Lipinski definition) is 6. The monoisotopic (exact) mass is 431 g/mol. The Labute approximate surface area is 173 Å². The Kier molecular flexibility index (Phi) is 5.69. The molecule has 1 aliphatic heterocycles. The number of esters is 1. The van der Waals surface area contributed by atoms with Gasteiger partial charge in [-0.15, -0.1) is 11.3 Å². The van der Waals surface area contributed by atoms with Crippen LogP contribution in [0.15, 0.2) is 52.7 Å². The average molecular weight is 432 g/mol. The molecule has 0 radical (unpaired) electrons. The van der Waals surface area contributed by atoms with Crippen molar-refractivity contribution < 1.29 is 22.7 Å². The second-order valence-corrected chi connectivity index (χ2v) is 9.65. The summed E-state index contributed by atoms with van der Waals surface area (Å²) in [6.07, 6.45) is 0. The number of aryl methyl sites for hydroxylation is 1. The summed E-state index contributed by atoms with van der Waals surface area (Å²) in [5, 5.41) is 3.03. The first-order valence-corrected chi connectivity index (χ1v) is 11.6. The number of morpholine rings is 1. The Bertz CT molecular complexity index is 1150. The Morgan fingerprint density at radius 3 is 2.72 bits per heavy atom. The number of benzene rings is 2. The van der Waals surface area contributed by atoms with Gasteiger partial charge in [-0.05, 0) is 41.5 Å². The van der Waals surface area contributed by atoms with Gasteiger partial charge in [0.1, 0.15) is 6.61 Å². The number of rotatable bonds is 5. The van der Waals surface area contributed by atoms with Crippen molar-refractivity contribution in [1.82, 2.24) is 4.31 Å². The van der Waals surface area contributed by atoms with Crippen LogP contribution in [0.3, 0.4) is 0 Å². The molecule has 4 rings (SSSR count). The molecule has 0 saturated carbocycles. The molecule has 0 spiro atoms. The van der Waals surface area contributed by atoms with Gasteiger partial charge < -0.3 is 9.47 Å². The van der Waals surface area contributed by atoms with E-state index >= 15 is 0 Å². The van der Waals surface area contributed by atoms with Gasteiger partial charge >= 0.3 is 5.97 Å². The molecule has 152 valence electrons. The molecule has 1 aliphatic rings. The van der Waals surface area contributed by atoms with Crippen molar-refractivity contribution in [2.75, 3.05) is 26.3 Å². The normalized spacial score (nSPS) is 15.5. The maximum atomic E-state index is 13.0. The molecule has 0 unspecified atom stereocenters. The Morgan fingerprint density at radius 2 is 1.93 bits per heavy atom. The van der Waals surface area contributed by atoms with Crippen LogP contribution in [0, 0.1) is 6.92 Å². The quantitative estimate of drug-likeness (QED) is 0.578. The third kappa shape index (κ3) is 4.06. The van der Waals surface area contributed by atoms with Crippen LogP contribution in [0.25, 0.3) is 10.1 Å². The number of fused-ring (bicyclic) bond motifs is 1. The molecule has 8 heteroatoms. The van der Waals surface area contributed by atoms with Crippen LogP contribution in [0.4, 0.5) is 0 Å². The Hall–Kier alpha value is -2.26. The lowest BCUT2D eigenvalue weighted by Gasteiger charge is -2.26. The van der Waals surface area contributed by atoms with E-state index in [2.05, 4.69) is 0 Å². The Balaban J connectivity index is 1.54. The minimum Gasteiger partial charge on any atom is -0.457 e. The number of carbonyl (C=O) groups excluding carboxylic acids is 1. The van der Waals surface area contributed by atoms with Gasteiger partial charge in [0.25, 0.3) is 0 Å². The van der Waals surface area contributed by atoms with Gasteiger partial charge in [-0.3, -0.25) is 0 Å². The zero-order valence-electron chi connectivity index (χ0n) is 16.0. The first-order valence-electron chi connectivity index (χ1n) is 9.27. The fourth-order valence-corrected chi connectivity index (χ4v) is 5.91. The third-order valence-corrected chi connectivity index (χ3v) is 7.98. The predicted molar refractivity (Wildman–Crippen MR) is 112 cm³/mol. The summed E-state index contributed by atoms with van der Waals surface area (Å²) in [7, 11) is -3.69. The summed E-state index contributed by atoms with van der Waals surface area (Å²) >= 11 is 1.60. The van der Waals surface area contributed by atoms with Crippen LogP contribution in [-0.2, 0) is 26.1 Å². The minimum absolute atomic E-state index is 0.134. The molecule has 2 heterocycles. The van der Waals surface area contributed by atoms with E-state index in [1.807, 2.05) is 29.6 Å². The van der Waals surface area contributed by atoms with E-state index in [1.54, 1.807) is 30.4 Å². The molecule has 0 N–H and O–H groups in total. The maximum absolute atomic E-state index is 13.0. The third-order valence-electron chi connectivity index (χ3n) is 4.93. The number of carbonyl (C=O) groups is 1. The van der Waals surface area contributed by atoms with E-state index in [-0.39, 0.29) is 17.1 Å². The van der Waals surface area contributed by atoms with Gasteiger partial charge in [0, 0.05) is 23.4 Å². The van der Waals surface area contributed by atoms with E-state index in [0.717, 1.165) is 15.6 Å². The molecule has 1 aromatic heterocycles. The first kappa shape index (κ1) is 20.0. The molecule has 3 aromatic rings. The van der Waals surface area contributed by atoms with Crippen molar-refractivity contribution in [3.8, 4) is 0 Å². The van der Waals surface area contributed by atoms with E-state index in [1.165, 1.54) is 10.4 Å². The molecule has 1 fully saturated rings. The summed E-state index contributed by atoms with van der Waals surface area (Å²) in [5.74, 6) is -0.543. The molecule has 0 aliphatic carbocycles. The molecule has 2 aromatic carbocycles. The minimum atomic E-state index is -3.69. The zero-order valence-corrected chi connectivity index (χ0v) is 17.6. The molecule has 0 atom stereocenters. The standard InChI is InChI=1S/C21H21NO5S2/c1-15-6-7-16(12-20(15)29(24,25)22-8-10-26-11-9-22)21(23)27-13-17-14-28-19-5-3-2-4-18(17)19/h2-7,12,14H,8-11,13H2,1H3. The molecule has 6 nitrogen and oxygen atoms in total. The molecule has 0 bridgehead atoms. The molecule has 1 saturated heterocycles. The van der Waals surface area contributed by atoms with Gasteiger partial charge in [0.2, 0.25) is 10.0 Å². The molecule has 0 amide bonds.